The molecule has 1 aromatic carbocycles. The van der Waals surface area contributed by atoms with Crippen LogP contribution in [0.2, 0.25) is 0 Å². The number of nitrogens with zero attached hydrogens (tertiary/aromatic N) is 3. The molecule has 0 aliphatic carbocycles. The topological polar surface area (TPSA) is 80.9 Å². The molecule has 1 N–H and O–H groups in total. The third-order valence-corrected chi connectivity index (χ3v) is 5.02. The fourth-order valence-electron chi connectivity index (χ4n) is 2.62. The first kappa shape index (κ1) is 17.9. The third kappa shape index (κ3) is 3.39. The van der Waals surface area contributed by atoms with Crippen LogP contribution in [0.5, 0.6) is 0 Å². The maximum Gasteiger partial charge on any atom is 0.262 e. The molecular weight excluding hydrogens is 386 g/mol. The summed E-state index contributed by atoms with van der Waals surface area (Å²) < 4.78 is 32.7. The first-order chi connectivity index (χ1) is 13.5. The Morgan fingerprint density at radius 1 is 1.14 bits per heavy atom. The molecule has 0 spiro atoms. The Morgan fingerprint density at radius 2 is 1.93 bits per heavy atom. The van der Waals surface area contributed by atoms with Crippen LogP contribution in [-0.2, 0) is 0 Å². The van der Waals surface area contributed by atoms with Crippen molar-refractivity contribution >= 4 is 23.1 Å². The van der Waals surface area contributed by atoms with Crippen LogP contribution in [0.15, 0.2) is 53.7 Å². The summed E-state index contributed by atoms with van der Waals surface area (Å²) in [5.41, 5.74) is 0.787. The van der Waals surface area contributed by atoms with Crippen LogP contribution < -0.4 is 5.32 Å². The van der Waals surface area contributed by atoms with Gasteiger partial charge < -0.3 is 9.73 Å². The molecule has 0 aliphatic heterocycles. The molecule has 28 heavy (non-hydrogen) atoms. The first-order valence-corrected chi connectivity index (χ1v) is 8.91. The number of amides is 1. The molecule has 3 aromatic heterocycles. The molecular formula is C19H12F2N4O2S. The van der Waals surface area contributed by atoms with Gasteiger partial charge in [-0.25, -0.2) is 18.7 Å². The molecule has 6 nitrogen and oxygen atoms in total. The van der Waals surface area contributed by atoms with E-state index in [0.717, 1.165) is 27.5 Å². The van der Waals surface area contributed by atoms with Crippen LogP contribution in [0.25, 0.3) is 21.9 Å². The summed E-state index contributed by atoms with van der Waals surface area (Å²) in [5.74, 6) is -2.09. The zero-order valence-corrected chi connectivity index (χ0v) is 15.3. The normalized spacial score (nSPS) is 10.8. The largest absolute Gasteiger partial charge is 0.443 e. The monoisotopic (exact) mass is 398 g/mol. The minimum Gasteiger partial charge on any atom is -0.443 e. The predicted molar refractivity (Wildman–Crippen MR) is 99.9 cm³/mol. The average molecular weight is 398 g/mol. The second kappa shape index (κ2) is 7.28. The summed E-state index contributed by atoms with van der Waals surface area (Å²) in [6.07, 6.45) is 5.80. The van der Waals surface area contributed by atoms with Crippen molar-refractivity contribution < 1.29 is 18.0 Å². The highest BCUT2D eigenvalue weighted by Gasteiger charge is 2.18. The molecule has 1 amide bonds. The lowest BCUT2D eigenvalue weighted by Crippen LogP contribution is -2.16. The molecule has 4 aromatic rings. The molecule has 0 saturated carbocycles. The number of oxazole rings is 1. The number of aromatic nitrogens is 3. The summed E-state index contributed by atoms with van der Waals surface area (Å²) in [7, 11) is 0. The minimum absolute atomic E-state index is 0.0831. The fourth-order valence-corrected chi connectivity index (χ4v) is 3.60. The highest BCUT2D eigenvalue weighted by Crippen LogP contribution is 2.35. The lowest BCUT2D eigenvalue weighted by Gasteiger charge is -2.07. The lowest BCUT2D eigenvalue weighted by atomic mass is 10.2. The molecule has 140 valence electrons. The number of hydrogen-bond acceptors (Lipinski definition) is 6. The Bertz CT molecular complexity index is 1120. The van der Waals surface area contributed by atoms with Crippen molar-refractivity contribution in [3.63, 3.8) is 0 Å². The smallest absolute Gasteiger partial charge is 0.262 e. The minimum atomic E-state index is -0.948. The van der Waals surface area contributed by atoms with E-state index in [9.17, 15) is 13.6 Å². The van der Waals surface area contributed by atoms with Gasteiger partial charge in [0.15, 0.2) is 18.0 Å². The molecule has 0 radical (unpaired) electrons. The van der Waals surface area contributed by atoms with E-state index in [-0.39, 0.29) is 5.82 Å². The second-order valence-corrected chi connectivity index (χ2v) is 7.04. The second-order valence-electron chi connectivity index (χ2n) is 5.78. The van der Waals surface area contributed by atoms with Crippen LogP contribution in [0, 0.1) is 18.6 Å². The zero-order valence-electron chi connectivity index (χ0n) is 14.4. The fraction of sp³-hybridized carbons (Fsp3) is 0.0526. The van der Waals surface area contributed by atoms with Crippen LogP contribution in [0.3, 0.4) is 0 Å². The molecule has 4 rings (SSSR count). The van der Waals surface area contributed by atoms with Crippen molar-refractivity contribution in [2.45, 2.75) is 6.92 Å². The summed E-state index contributed by atoms with van der Waals surface area (Å²) >= 11 is 1.53. The summed E-state index contributed by atoms with van der Waals surface area (Å²) in [6.45, 7) is 1.94. The van der Waals surface area contributed by atoms with Crippen molar-refractivity contribution in [3.8, 4) is 21.9 Å². The van der Waals surface area contributed by atoms with E-state index >= 15 is 0 Å². The Morgan fingerprint density at radius 3 is 2.57 bits per heavy atom. The summed E-state index contributed by atoms with van der Waals surface area (Å²) in [5, 5.41) is 2.35. The van der Waals surface area contributed by atoms with Crippen LogP contribution in [0.1, 0.15) is 15.2 Å². The molecule has 0 unspecified atom stereocenters. The number of nitrogens with one attached hydrogen (secondary N) is 1. The number of rotatable bonds is 4. The first-order valence-electron chi connectivity index (χ1n) is 8.10. The van der Waals surface area contributed by atoms with Gasteiger partial charge in [-0.05, 0) is 25.1 Å². The van der Waals surface area contributed by atoms with E-state index in [2.05, 4.69) is 20.3 Å². The van der Waals surface area contributed by atoms with Gasteiger partial charge in [0.25, 0.3) is 5.91 Å². The van der Waals surface area contributed by atoms with Gasteiger partial charge >= 0.3 is 0 Å². The quantitative estimate of drug-likeness (QED) is 0.539. The van der Waals surface area contributed by atoms with Crippen LogP contribution in [0.4, 0.5) is 14.6 Å². The lowest BCUT2D eigenvalue weighted by molar-refractivity contribution is 0.101. The van der Waals surface area contributed by atoms with E-state index in [1.54, 1.807) is 6.20 Å². The Kier molecular flexibility index (Phi) is 4.66. The van der Waals surface area contributed by atoms with Crippen LogP contribution in [-0.4, -0.2) is 20.9 Å². The van der Waals surface area contributed by atoms with Crippen molar-refractivity contribution in [2.75, 3.05) is 5.32 Å². The molecule has 9 heteroatoms. The van der Waals surface area contributed by atoms with E-state index in [0.29, 0.717) is 11.5 Å². The molecule has 0 fully saturated rings. The van der Waals surface area contributed by atoms with Crippen molar-refractivity contribution in [1.29, 1.82) is 0 Å². The van der Waals surface area contributed by atoms with E-state index < -0.39 is 23.1 Å². The number of benzene rings is 1. The van der Waals surface area contributed by atoms with Gasteiger partial charge in [0.05, 0.1) is 29.2 Å². The van der Waals surface area contributed by atoms with Gasteiger partial charge in [-0.15, -0.1) is 11.3 Å². The number of carbonyl (C=O) groups is 1. The maximum absolute atomic E-state index is 13.7. The highest BCUT2D eigenvalue weighted by molar-refractivity contribution is 7.15. The molecule has 0 atom stereocenters. The summed E-state index contributed by atoms with van der Waals surface area (Å²) in [6, 6.07) is 5.13. The maximum atomic E-state index is 13.7. The van der Waals surface area contributed by atoms with Crippen molar-refractivity contribution in [2.24, 2.45) is 0 Å². The number of halogens is 2. The van der Waals surface area contributed by atoms with E-state index in [1.165, 1.54) is 36.2 Å². The van der Waals surface area contributed by atoms with Crippen molar-refractivity contribution in [1.82, 2.24) is 15.0 Å². The van der Waals surface area contributed by atoms with E-state index in [1.807, 2.05) is 13.0 Å². The van der Waals surface area contributed by atoms with Gasteiger partial charge in [0.1, 0.15) is 17.2 Å². The average Bonchev–Trinajstić information content (AvgIpc) is 3.32. The van der Waals surface area contributed by atoms with Crippen molar-refractivity contribution in [3.05, 3.63) is 71.3 Å². The predicted octanol–water partition coefficient (Wildman–Crippen LogP) is 4.70. The summed E-state index contributed by atoms with van der Waals surface area (Å²) in [4.78, 5) is 26.4. The molecule has 0 saturated heterocycles. The van der Waals surface area contributed by atoms with Crippen LogP contribution >= 0.6 is 11.3 Å². The number of anilines is 1. The number of hydrogen-bond donors (Lipinski definition) is 1. The Balaban J connectivity index is 1.56. The van der Waals surface area contributed by atoms with Gasteiger partial charge in [-0.1, -0.05) is 6.07 Å². The molecule has 3 heterocycles. The molecule has 0 aliphatic rings. The third-order valence-electron chi connectivity index (χ3n) is 3.95. The molecule has 0 bridgehead atoms. The Labute approximate surface area is 161 Å². The highest BCUT2D eigenvalue weighted by atomic mass is 32.1. The van der Waals surface area contributed by atoms with Gasteiger partial charge in [0.2, 0.25) is 0 Å². The van der Waals surface area contributed by atoms with Gasteiger partial charge in [-0.2, -0.15) is 0 Å². The number of aryl methyl sites for hydroxylation is 1. The zero-order chi connectivity index (χ0) is 19.7. The van der Waals surface area contributed by atoms with E-state index in [4.69, 9.17) is 4.42 Å². The SMILES string of the molecule is Cc1sc(-c2cnco2)cc1-c1cnc(NC(=O)c2c(F)cccc2F)cn1. The van der Waals surface area contributed by atoms with Gasteiger partial charge in [0, 0.05) is 10.4 Å². The number of carbonyl (C=O) groups excluding carboxylic acids is 1. The Hall–Kier alpha value is -3.46. The number of thiophene rings is 1. The standard InChI is InChI=1S/C19H12F2N4O2S/c1-10-11(5-16(28-10)15-7-22-9-27-15)14-6-24-17(8-23-14)25-19(26)18-12(20)3-2-4-13(18)21/h2-9H,1H3,(H,24,25,26). The van der Waals surface area contributed by atoms with Gasteiger partial charge in [-0.3, -0.25) is 9.78 Å².